The molecule has 0 saturated carbocycles. The van der Waals surface area contributed by atoms with Gasteiger partial charge in [0.2, 0.25) is 0 Å². The van der Waals surface area contributed by atoms with Gasteiger partial charge in [-0.15, -0.1) is 0 Å². The Bertz CT molecular complexity index is 168. The van der Waals surface area contributed by atoms with Gasteiger partial charge in [0.1, 0.15) is 6.67 Å². The molecule has 1 unspecified atom stereocenters. The molecule has 3 nitrogen and oxygen atoms in total. The van der Waals surface area contributed by atoms with Crippen molar-refractivity contribution in [2.75, 3.05) is 26.3 Å². The Balaban J connectivity index is 2.20. The van der Waals surface area contributed by atoms with Gasteiger partial charge in [-0.3, -0.25) is 4.79 Å². The third kappa shape index (κ3) is 1.94. The van der Waals surface area contributed by atoms with Crippen molar-refractivity contribution >= 4 is 5.97 Å². The maximum absolute atomic E-state index is 11.8. The normalized spacial score (nSPS) is 21.8. The molecule has 0 aromatic heterocycles. The molecule has 70 valence electrons. The highest BCUT2D eigenvalue weighted by molar-refractivity contribution is 5.70. The van der Waals surface area contributed by atoms with Crippen molar-refractivity contribution in [3.05, 3.63) is 0 Å². The van der Waals surface area contributed by atoms with E-state index < -0.39 is 5.97 Å². The fourth-order valence-corrected chi connectivity index (χ4v) is 1.43. The molecule has 1 saturated heterocycles. The van der Waals surface area contributed by atoms with E-state index >= 15 is 0 Å². The fraction of sp³-hybridized carbons (Fsp3) is 0.875. The first-order valence-corrected chi connectivity index (χ1v) is 4.16. The van der Waals surface area contributed by atoms with Crippen LogP contribution in [0.3, 0.4) is 0 Å². The van der Waals surface area contributed by atoms with Crippen LogP contribution in [0.2, 0.25) is 0 Å². The summed E-state index contributed by atoms with van der Waals surface area (Å²) in [7, 11) is 0. The number of nitrogens with zero attached hydrogens (tertiary/aromatic N) is 1. The number of rotatable bonds is 4. The zero-order valence-electron chi connectivity index (χ0n) is 7.16. The Kier molecular flexibility index (Phi) is 3.03. The number of carboxylic acid groups (broad SMARTS) is 1. The molecule has 0 aromatic rings. The molecule has 0 bridgehead atoms. The van der Waals surface area contributed by atoms with Gasteiger partial charge in [0, 0.05) is 19.6 Å². The highest BCUT2D eigenvalue weighted by Gasteiger charge is 2.33. The summed E-state index contributed by atoms with van der Waals surface area (Å²) in [5, 5.41) is 8.64. The maximum atomic E-state index is 11.8. The standard InChI is InChI=1S/C8H14FNO2/c1-6(8(11)12)7-4-10(5-7)3-2-9/h6-7H,2-5H2,1H3,(H,11,12). The number of likely N-dealkylation sites (tertiary alicyclic amines) is 1. The topological polar surface area (TPSA) is 40.5 Å². The van der Waals surface area contributed by atoms with Gasteiger partial charge in [-0.05, 0) is 5.92 Å². The molecule has 0 amide bonds. The van der Waals surface area contributed by atoms with Crippen LogP contribution < -0.4 is 0 Å². The van der Waals surface area contributed by atoms with Crippen LogP contribution in [0.5, 0.6) is 0 Å². The lowest BCUT2D eigenvalue weighted by atomic mass is 9.87. The number of alkyl halides is 1. The molecule has 1 rings (SSSR count). The lowest BCUT2D eigenvalue weighted by Crippen LogP contribution is -2.51. The third-order valence-electron chi connectivity index (χ3n) is 2.48. The zero-order valence-corrected chi connectivity index (χ0v) is 7.16. The highest BCUT2D eigenvalue weighted by atomic mass is 19.1. The van der Waals surface area contributed by atoms with Crippen molar-refractivity contribution in [1.29, 1.82) is 0 Å². The second-order valence-corrected chi connectivity index (χ2v) is 3.34. The van der Waals surface area contributed by atoms with Crippen LogP contribution in [0.1, 0.15) is 6.92 Å². The Hall–Kier alpha value is -0.640. The first-order valence-electron chi connectivity index (χ1n) is 4.16. The number of carboxylic acids is 1. The second kappa shape index (κ2) is 3.85. The molecule has 1 fully saturated rings. The van der Waals surface area contributed by atoms with Crippen LogP contribution in [0.25, 0.3) is 0 Å². The SMILES string of the molecule is CC(C(=O)O)C1CN(CCF)C1. The first kappa shape index (κ1) is 9.45. The maximum Gasteiger partial charge on any atom is 0.306 e. The first-order chi connectivity index (χ1) is 5.65. The van der Waals surface area contributed by atoms with Crippen LogP contribution in [0, 0.1) is 11.8 Å². The van der Waals surface area contributed by atoms with Crippen molar-refractivity contribution in [3.8, 4) is 0 Å². The summed E-state index contributed by atoms with van der Waals surface area (Å²) in [5.74, 6) is -0.824. The van der Waals surface area contributed by atoms with Gasteiger partial charge in [0.25, 0.3) is 0 Å². The Morgan fingerprint density at radius 1 is 1.75 bits per heavy atom. The number of carbonyl (C=O) groups is 1. The minimum atomic E-state index is -0.750. The van der Waals surface area contributed by atoms with Gasteiger partial charge < -0.3 is 10.0 Å². The molecule has 0 radical (unpaired) electrons. The average molecular weight is 175 g/mol. The summed E-state index contributed by atoms with van der Waals surface area (Å²) in [6.07, 6.45) is 0. The number of aliphatic carboxylic acids is 1. The second-order valence-electron chi connectivity index (χ2n) is 3.34. The molecule has 12 heavy (non-hydrogen) atoms. The van der Waals surface area contributed by atoms with Crippen molar-refractivity contribution in [3.63, 3.8) is 0 Å². The predicted molar refractivity (Wildman–Crippen MR) is 42.7 cm³/mol. The van der Waals surface area contributed by atoms with Gasteiger partial charge in [0.05, 0.1) is 5.92 Å². The van der Waals surface area contributed by atoms with E-state index in [0.29, 0.717) is 6.54 Å². The van der Waals surface area contributed by atoms with E-state index in [0.717, 1.165) is 13.1 Å². The number of hydrogen-bond donors (Lipinski definition) is 1. The summed E-state index contributed by atoms with van der Waals surface area (Å²) in [6, 6.07) is 0. The van der Waals surface area contributed by atoms with Crippen molar-refractivity contribution in [2.24, 2.45) is 11.8 Å². The summed E-state index contributed by atoms with van der Waals surface area (Å²) < 4.78 is 11.8. The monoisotopic (exact) mass is 175 g/mol. The third-order valence-corrected chi connectivity index (χ3v) is 2.48. The minimum Gasteiger partial charge on any atom is -0.481 e. The molecule has 1 aliphatic heterocycles. The summed E-state index contributed by atoms with van der Waals surface area (Å²) in [5.41, 5.74) is 0. The van der Waals surface area contributed by atoms with E-state index in [1.807, 2.05) is 4.90 Å². The largest absolute Gasteiger partial charge is 0.481 e. The fourth-order valence-electron chi connectivity index (χ4n) is 1.43. The van der Waals surface area contributed by atoms with Crippen molar-refractivity contribution in [2.45, 2.75) is 6.92 Å². The zero-order chi connectivity index (χ0) is 9.14. The molecular formula is C8H14FNO2. The Morgan fingerprint density at radius 2 is 2.33 bits per heavy atom. The number of hydrogen-bond acceptors (Lipinski definition) is 2. The van der Waals surface area contributed by atoms with Gasteiger partial charge in [-0.1, -0.05) is 6.92 Å². The molecule has 1 heterocycles. The lowest BCUT2D eigenvalue weighted by Gasteiger charge is -2.40. The van der Waals surface area contributed by atoms with Crippen LogP contribution in [0.15, 0.2) is 0 Å². The average Bonchev–Trinajstić information content (AvgIpc) is 1.94. The molecule has 0 spiro atoms. The van der Waals surface area contributed by atoms with Gasteiger partial charge in [0.15, 0.2) is 0 Å². The predicted octanol–water partition coefficient (Wildman–Crippen LogP) is 0.608. The molecule has 1 N–H and O–H groups in total. The van der Waals surface area contributed by atoms with Gasteiger partial charge in [-0.25, -0.2) is 4.39 Å². The lowest BCUT2D eigenvalue weighted by molar-refractivity contribution is -0.145. The molecule has 1 atom stereocenters. The quantitative estimate of drug-likeness (QED) is 0.680. The van der Waals surface area contributed by atoms with Crippen molar-refractivity contribution < 1.29 is 14.3 Å². The molecular weight excluding hydrogens is 161 g/mol. The summed E-state index contributed by atoms with van der Waals surface area (Å²) >= 11 is 0. The van der Waals surface area contributed by atoms with E-state index in [9.17, 15) is 9.18 Å². The summed E-state index contributed by atoms with van der Waals surface area (Å²) in [6.45, 7) is 3.28. The molecule has 1 aliphatic rings. The Labute approximate surface area is 71.2 Å². The highest BCUT2D eigenvalue weighted by Crippen LogP contribution is 2.23. The summed E-state index contributed by atoms with van der Waals surface area (Å²) in [4.78, 5) is 12.4. The van der Waals surface area contributed by atoms with Crippen molar-refractivity contribution in [1.82, 2.24) is 4.90 Å². The smallest absolute Gasteiger partial charge is 0.306 e. The van der Waals surface area contributed by atoms with Crippen LogP contribution in [-0.4, -0.2) is 42.3 Å². The molecule has 0 aliphatic carbocycles. The van der Waals surface area contributed by atoms with E-state index in [1.54, 1.807) is 6.92 Å². The number of halogens is 1. The molecule has 4 heteroatoms. The van der Waals surface area contributed by atoms with Crippen LogP contribution >= 0.6 is 0 Å². The Morgan fingerprint density at radius 3 is 2.75 bits per heavy atom. The van der Waals surface area contributed by atoms with E-state index in [-0.39, 0.29) is 18.5 Å². The molecule has 0 aromatic carbocycles. The minimum absolute atomic E-state index is 0.217. The van der Waals surface area contributed by atoms with Crippen LogP contribution in [0.4, 0.5) is 4.39 Å². The van der Waals surface area contributed by atoms with Gasteiger partial charge >= 0.3 is 5.97 Å². The van der Waals surface area contributed by atoms with E-state index in [2.05, 4.69) is 0 Å². The van der Waals surface area contributed by atoms with E-state index in [1.165, 1.54) is 0 Å². The van der Waals surface area contributed by atoms with Crippen LogP contribution in [-0.2, 0) is 4.79 Å². The van der Waals surface area contributed by atoms with E-state index in [4.69, 9.17) is 5.11 Å². The van der Waals surface area contributed by atoms with Gasteiger partial charge in [-0.2, -0.15) is 0 Å².